The average Bonchev–Trinajstić information content (AvgIpc) is 2.25. The van der Waals surface area contributed by atoms with Gasteiger partial charge < -0.3 is 9.84 Å². The Labute approximate surface area is 91.8 Å². The maximum Gasteiger partial charge on any atom is 0.307 e. The minimum Gasteiger partial charge on any atom is -0.466 e. The van der Waals surface area contributed by atoms with Gasteiger partial charge in [-0.05, 0) is 19.8 Å². The van der Waals surface area contributed by atoms with Gasteiger partial charge in [-0.1, -0.05) is 19.8 Å². The van der Waals surface area contributed by atoms with Crippen molar-refractivity contribution in [1.82, 2.24) is 0 Å². The quantitative estimate of drug-likeness (QED) is 0.539. The number of hydrogen-bond acceptors (Lipinski definition) is 3. The lowest BCUT2D eigenvalue weighted by Crippen LogP contribution is -2.37. The van der Waals surface area contributed by atoms with Gasteiger partial charge in [-0.2, -0.15) is 0 Å². The fourth-order valence-electron chi connectivity index (χ4n) is 1.53. The summed E-state index contributed by atoms with van der Waals surface area (Å²) in [5, 5.41) is 10.2. The van der Waals surface area contributed by atoms with Crippen LogP contribution < -0.4 is 0 Å². The van der Waals surface area contributed by atoms with E-state index in [2.05, 4.69) is 5.92 Å². The van der Waals surface area contributed by atoms with Crippen LogP contribution in [0.5, 0.6) is 0 Å². The van der Waals surface area contributed by atoms with Crippen LogP contribution in [0.1, 0.15) is 40.0 Å². The van der Waals surface area contributed by atoms with Gasteiger partial charge in [0.2, 0.25) is 0 Å². The minimum atomic E-state index is -0.957. The van der Waals surface area contributed by atoms with E-state index in [-0.39, 0.29) is 12.4 Å². The predicted molar refractivity (Wildman–Crippen MR) is 59.1 cm³/mol. The molecule has 0 saturated carbocycles. The first kappa shape index (κ1) is 14.0. The van der Waals surface area contributed by atoms with E-state index in [9.17, 15) is 9.90 Å². The summed E-state index contributed by atoms with van der Waals surface area (Å²) < 4.78 is 4.81. The maximum absolute atomic E-state index is 11.3. The van der Waals surface area contributed by atoms with E-state index in [0.717, 1.165) is 0 Å². The number of carbonyl (C=O) groups is 1. The van der Waals surface area contributed by atoms with Crippen molar-refractivity contribution in [3.63, 3.8) is 0 Å². The lowest BCUT2D eigenvalue weighted by Gasteiger charge is -2.30. The molecule has 0 spiro atoms. The van der Waals surface area contributed by atoms with Crippen LogP contribution >= 0.6 is 0 Å². The zero-order chi connectivity index (χ0) is 11.9. The van der Waals surface area contributed by atoms with Crippen LogP contribution in [-0.2, 0) is 9.53 Å². The van der Waals surface area contributed by atoms with Crippen LogP contribution in [0.2, 0.25) is 0 Å². The Balaban J connectivity index is 4.50. The average molecular weight is 212 g/mol. The van der Waals surface area contributed by atoms with Crippen molar-refractivity contribution in [3.05, 3.63) is 0 Å². The number of carbonyl (C=O) groups excluding carboxylic acids is 1. The molecular formula is C12H20O3. The smallest absolute Gasteiger partial charge is 0.307 e. The summed E-state index contributed by atoms with van der Waals surface area (Å²) >= 11 is 0. The second kappa shape index (κ2) is 6.47. The van der Waals surface area contributed by atoms with Crippen molar-refractivity contribution in [3.8, 4) is 12.3 Å². The lowest BCUT2D eigenvalue weighted by atomic mass is 9.81. The minimum absolute atomic E-state index is 0.0858. The van der Waals surface area contributed by atoms with Crippen molar-refractivity contribution in [2.24, 2.45) is 5.92 Å². The highest BCUT2D eigenvalue weighted by molar-refractivity contribution is 5.70. The van der Waals surface area contributed by atoms with Crippen LogP contribution in [-0.4, -0.2) is 23.3 Å². The molecule has 3 heteroatoms. The molecule has 86 valence electrons. The number of aliphatic hydroxyl groups is 1. The van der Waals surface area contributed by atoms with E-state index < -0.39 is 11.5 Å². The molecule has 0 radical (unpaired) electrons. The highest BCUT2D eigenvalue weighted by Gasteiger charge is 2.33. The fraction of sp³-hybridized carbons (Fsp3) is 0.750. The monoisotopic (exact) mass is 212 g/mol. The first-order chi connectivity index (χ1) is 7.03. The van der Waals surface area contributed by atoms with Crippen LogP contribution in [0.3, 0.4) is 0 Å². The molecule has 0 rings (SSSR count). The molecule has 0 aromatic rings. The molecular weight excluding hydrogens is 192 g/mol. The maximum atomic E-state index is 11.3. The van der Waals surface area contributed by atoms with E-state index in [1.165, 1.54) is 0 Å². The van der Waals surface area contributed by atoms with Gasteiger partial charge in [0.05, 0.1) is 24.5 Å². The number of rotatable bonds is 6. The SMILES string of the molecule is C#CC(CC(=O)OCC)C(O)(CC)CC. The van der Waals surface area contributed by atoms with E-state index in [4.69, 9.17) is 11.2 Å². The van der Waals surface area contributed by atoms with Crippen LogP contribution in [0.25, 0.3) is 0 Å². The van der Waals surface area contributed by atoms with Crippen LogP contribution in [0, 0.1) is 18.3 Å². The summed E-state index contributed by atoms with van der Waals surface area (Å²) in [5.41, 5.74) is -0.957. The first-order valence-corrected chi connectivity index (χ1v) is 5.38. The molecule has 0 aliphatic carbocycles. The summed E-state index contributed by atoms with van der Waals surface area (Å²) in [5.74, 6) is 1.67. The van der Waals surface area contributed by atoms with Gasteiger partial charge in [0, 0.05) is 0 Å². The van der Waals surface area contributed by atoms with Gasteiger partial charge in [-0.25, -0.2) is 0 Å². The molecule has 0 saturated heterocycles. The summed E-state index contributed by atoms with van der Waals surface area (Å²) in [6.07, 6.45) is 6.50. The van der Waals surface area contributed by atoms with E-state index >= 15 is 0 Å². The van der Waals surface area contributed by atoms with Gasteiger partial charge >= 0.3 is 5.97 Å². The Morgan fingerprint density at radius 3 is 2.33 bits per heavy atom. The second-order valence-corrected chi connectivity index (χ2v) is 3.54. The number of ether oxygens (including phenoxy) is 1. The van der Waals surface area contributed by atoms with Crippen molar-refractivity contribution in [2.45, 2.75) is 45.6 Å². The van der Waals surface area contributed by atoms with Crippen LogP contribution in [0.15, 0.2) is 0 Å². The third kappa shape index (κ3) is 3.93. The Kier molecular flexibility index (Phi) is 6.03. The summed E-state index contributed by atoms with van der Waals surface area (Å²) in [6.45, 7) is 5.80. The topological polar surface area (TPSA) is 46.5 Å². The molecule has 0 amide bonds. The molecule has 0 bridgehead atoms. The number of terminal acetylenes is 1. The van der Waals surface area contributed by atoms with Gasteiger partial charge in [0.1, 0.15) is 0 Å². The Morgan fingerprint density at radius 2 is 2.00 bits per heavy atom. The van der Waals surface area contributed by atoms with Gasteiger partial charge in [-0.15, -0.1) is 6.42 Å². The number of esters is 1. The molecule has 1 unspecified atom stereocenters. The molecule has 0 aromatic heterocycles. The lowest BCUT2D eigenvalue weighted by molar-refractivity contribution is -0.146. The Morgan fingerprint density at radius 1 is 1.47 bits per heavy atom. The van der Waals surface area contributed by atoms with Gasteiger partial charge in [0.15, 0.2) is 0 Å². The summed E-state index contributed by atoms with van der Waals surface area (Å²) in [7, 11) is 0. The molecule has 3 nitrogen and oxygen atoms in total. The van der Waals surface area contributed by atoms with Crippen molar-refractivity contribution < 1.29 is 14.6 Å². The third-order valence-electron chi connectivity index (χ3n) is 2.75. The van der Waals surface area contributed by atoms with Gasteiger partial charge in [0.25, 0.3) is 0 Å². The highest BCUT2D eigenvalue weighted by Crippen LogP contribution is 2.27. The Hall–Kier alpha value is -1.01. The molecule has 1 N–H and O–H groups in total. The molecule has 0 aromatic carbocycles. The zero-order valence-corrected chi connectivity index (χ0v) is 9.75. The molecule has 15 heavy (non-hydrogen) atoms. The molecule has 1 atom stereocenters. The van der Waals surface area contributed by atoms with E-state index in [0.29, 0.717) is 19.4 Å². The van der Waals surface area contributed by atoms with Gasteiger partial charge in [-0.3, -0.25) is 4.79 Å². The second-order valence-electron chi connectivity index (χ2n) is 3.54. The fourth-order valence-corrected chi connectivity index (χ4v) is 1.53. The third-order valence-corrected chi connectivity index (χ3v) is 2.75. The summed E-state index contributed by atoms with van der Waals surface area (Å²) in [4.78, 5) is 11.3. The highest BCUT2D eigenvalue weighted by atomic mass is 16.5. The number of hydrogen-bond donors (Lipinski definition) is 1. The standard InChI is InChI=1S/C12H20O3/c1-5-10(9-11(13)15-8-4)12(14,6-2)7-3/h1,10,14H,6-9H2,2-4H3. The molecule has 0 aliphatic heterocycles. The Bertz CT molecular complexity index is 236. The van der Waals surface area contributed by atoms with E-state index in [1.54, 1.807) is 6.92 Å². The van der Waals surface area contributed by atoms with Crippen LogP contribution in [0.4, 0.5) is 0 Å². The predicted octanol–water partition coefficient (Wildman–Crippen LogP) is 1.74. The molecule has 0 fully saturated rings. The van der Waals surface area contributed by atoms with E-state index in [1.807, 2.05) is 13.8 Å². The summed E-state index contributed by atoms with van der Waals surface area (Å²) in [6, 6.07) is 0. The zero-order valence-electron chi connectivity index (χ0n) is 9.75. The molecule has 0 heterocycles. The van der Waals surface area contributed by atoms with Crippen molar-refractivity contribution >= 4 is 5.97 Å². The van der Waals surface area contributed by atoms with Crippen molar-refractivity contribution in [2.75, 3.05) is 6.61 Å². The van der Waals surface area contributed by atoms with Crippen molar-refractivity contribution in [1.29, 1.82) is 0 Å². The normalized spacial score (nSPS) is 13.0. The molecule has 0 aliphatic rings. The first-order valence-electron chi connectivity index (χ1n) is 5.38. The largest absolute Gasteiger partial charge is 0.466 e.